The van der Waals surface area contributed by atoms with Gasteiger partial charge >= 0.3 is 5.97 Å². The third-order valence-electron chi connectivity index (χ3n) is 6.45. The Morgan fingerprint density at radius 3 is 2.42 bits per heavy atom. The van der Waals surface area contributed by atoms with Crippen molar-refractivity contribution in [2.24, 2.45) is 11.8 Å². The monoisotopic (exact) mass is 480 g/mol. The summed E-state index contributed by atoms with van der Waals surface area (Å²) in [6.07, 6.45) is 8.75. The smallest absolute Gasteiger partial charge is 0.343 e. The molecule has 0 radical (unpaired) electrons. The lowest BCUT2D eigenvalue weighted by atomic mass is 9.82. The Labute approximate surface area is 196 Å². The van der Waals surface area contributed by atoms with E-state index < -0.39 is 16.0 Å². The molecule has 184 valence electrons. The highest BCUT2D eigenvalue weighted by Gasteiger charge is 2.35. The van der Waals surface area contributed by atoms with Gasteiger partial charge in [-0.05, 0) is 58.4 Å². The Morgan fingerprint density at radius 2 is 1.91 bits per heavy atom. The van der Waals surface area contributed by atoms with Crippen molar-refractivity contribution in [3.8, 4) is 0 Å². The van der Waals surface area contributed by atoms with Crippen LogP contribution in [-0.4, -0.2) is 66.4 Å². The number of hydrogen-bond donors (Lipinski definition) is 0. The number of aromatic nitrogens is 2. The fraction of sp³-hybridized carbons (Fsp3) is 0.696. The third kappa shape index (κ3) is 5.84. The Hall–Kier alpha value is -2.20. The molecule has 0 unspecified atom stereocenters. The Bertz CT molecular complexity index is 1010. The summed E-state index contributed by atoms with van der Waals surface area (Å²) in [7, 11) is -3.28. The molecule has 1 aliphatic heterocycles. The highest BCUT2D eigenvalue weighted by Crippen LogP contribution is 2.33. The number of carbonyl (C=O) groups is 2. The molecule has 1 saturated carbocycles. The molecular formula is C23H36N4O5S. The highest BCUT2D eigenvalue weighted by molar-refractivity contribution is 7.88. The molecule has 0 bridgehead atoms. The van der Waals surface area contributed by atoms with E-state index in [-0.39, 0.29) is 36.6 Å². The minimum Gasteiger partial charge on any atom is -0.462 e. The largest absolute Gasteiger partial charge is 0.462 e. The quantitative estimate of drug-likeness (QED) is 0.556. The normalized spacial score (nSPS) is 22.2. The van der Waals surface area contributed by atoms with Crippen LogP contribution in [0.25, 0.3) is 5.70 Å². The van der Waals surface area contributed by atoms with Gasteiger partial charge in [-0.3, -0.25) is 9.69 Å². The number of rotatable bonds is 7. The van der Waals surface area contributed by atoms with Crippen LogP contribution in [0.3, 0.4) is 0 Å². The molecule has 1 amide bonds. The van der Waals surface area contributed by atoms with Gasteiger partial charge in [0.2, 0.25) is 15.9 Å². The van der Waals surface area contributed by atoms with Crippen molar-refractivity contribution in [3.63, 3.8) is 0 Å². The van der Waals surface area contributed by atoms with Gasteiger partial charge in [-0.1, -0.05) is 6.92 Å². The fourth-order valence-corrected chi connectivity index (χ4v) is 5.27. The van der Waals surface area contributed by atoms with E-state index in [0.717, 1.165) is 31.4 Å². The van der Waals surface area contributed by atoms with Gasteiger partial charge in [0.1, 0.15) is 5.56 Å². The van der Waals surface area contributed by atoms with Crippen LogP contribution in [0.5, 0.6) is 0 Å². The molecule has 1 aromatic rings. The zero-order valence-electron chi connectivity index (χ0n) is 20.3. The highest BCUT2D eigenvalue weighted by atomic mass is 32.2. The molecule has 9 nitrogen and oxygen atoms in total. The Balaban J connectivity index is 1.96. The lowest BCUT2D eigenvalue weighted by Gasteiger charge is -2.32. The van der Waals surface area contributed by atoms with E-state index in [2.05, 4.69) is 12.0 Å². The first-order valence-corrected chi connectivity index (χ1v) is 13.6. The van der Waals surface area contributed by atoms with Crippen LogP contribution in [-0.2, 0) is 19.6 Å². The second-order valence-corrected chi connectivity index (χ2v) is 11.3. The fourth-order valence-electron chi connectivity index (χ4n) is 4.50. The van der Waals surface area contributed by atoms with E-state index in [1.807, 2.05) is 13.8 Å². The number of hydrogen-bond acceptors (Lipinski definition) is 6. The second kappa shape index (κ2) is 10.4. The minimum atomic E-state index is -3.28. The average molecular weight is 481 g/mol. The Kier molecular flexibility index (Phi) is 8.00. The number of nitrogens with zero attached hydrogens (tertiary/aromatic N) is 4. The number of carbonyl (C=O) groups excluding carboxylic acids is 2. The molecule has 0 saturated heterocycles. The molecule has 10 heteroatoms. The summed E-state index contributed by atoms with van der Waals surface area (Å²) in [5.74, 6) is 0.317. The van der Waals surface area contributed by atoms with E-state index in [9.17, 15) is 18.0 Å². The van der Waals surface area contributed by atoms with Crippen LogP contribution in [0.15, 0.2) is 12.3 Å². The molecule has 0 atom stereocenters. The predicted octanol–water partition coefficient (Wildman–Crippen LogP) is 3.13. The zero-order chi connectivity index (χ0) is 24.3. The van der Waals surface area contributed by atoms with Gasteiger partial charge in [-0.15, -0.1) is 5.10 Å². The van der Waals surface area contributed by atoms with Crippen molar-refractivity contribution in [1.29, 1.82) is 0 Å². The lowest BCUT2D eigenvalue weighted by Crippen LogP contribution is -2.43. The molecule has 0 spiro atoms. The SMILES string of the molecule is CCOC(=O)c1cn(C2=CCN(S(C)(=O)=O)CC2)nc1N(C(=O)C1CCC(C)CC1)C(C)C. The number of sulfonamides is 1. The van der Waals surface area contributed by atoms with Crippen LogP contribution in [0, 0.1) is 11.8 Å². The number of esters is 1. The third-order valence-corrected chi connectivity index (χ3v) is 7.72. The van der Waals surface area contributed by atoms with E-state index in [4.69, 9.17) is 4.74 Å². The molecule has 33 heavy (non-hydrogen) atoms. The number of anilines is 1. The van der Waals surface area contributed by atoms with E-state index in [1.54, 1.807) is 28.8 Å². The molecule has 2 aliphatic rings. The summed E-state index contributed by atoms with van der Waals surface area (Å²) in [4.78, 5) is 28.0. The summed E-state index contributed by atoms with van der Waals surface area (Å²) < 4.78 is 31.9. The first-order chi connectivity index (χ1) is 15.5. The van der Waals surface area contributed by atoms with Crippen LogP contribution in [0.4, 0.5) is 5.82 Å². The van der Waals surface area contributed by atoms with Crippen molar-refractivity contribution in [3.05, 3.63) is 17.8 Å². The van der Waals surface area contributed by atoms with E-state index >= 15 is 0 Å². The van der Waals surface area contributed by atoms with Crippen molar-refractivity contribution in [1.82, 2.24) is 14.1 Å². The summed E-state index contributed by atoms with van der Waals surface area (Å²) in [6.45, 7) is 8.57. The van der Waals surface area contributed by atoms with Crippen molar-refractivity contribution in [2.45, 2.75) is 65.8 Å². The van der Waals surface area contributed by atoms with E-state index in [1.165, 1.54) is 10.6 Å². The van der Waals surface area contributed by atoms with Crippen LogP contribution in [0.2, 0.25) is 0 Å². The number of ether oxygens (including phenoxy) is 1. The molecule has 1 fully saturated rings. The first-order valence-electron chi connectivity index (χ1n) is 11.8. The summed E-state index contributed by atoms with van der Waals surface area (Å²) in [6, 6.07) is -0.186. The van der Waals surface area contributed by atoms with Gasteiger partial charge < -0.3 is 4.74 Å². The molecular weight excluding hydrogens is 444 g/mol. The van der Waals surface area contributed by atoms with Gasteiger partial charge in [0.05, 0.1) is 12.9 Å². The molecule has 3 rings (SSSR count). The van der Waals surface area contributed by atoms with Crippen LogP contribution >= 0.6 is 0 Å². The van der Waals surface area contributed by atoms with Gasteiger partial charge in [0, 0.05) is 43.4 Å². The minimum absolute atomic E-state index is 0.00595. The first kappa shape index (κ1) is 25.4. The molecule has 2 heterocycles. The molecule has 0 aromatic carbocycles. The number of amides is 1. The van der Waals surface area contributed by atoms with Gasteiger partial charge in [0.15, 0.2) is 5.82 Å². The topological polar surface area (TPSA) is 102 Å². The summed E-state index contributed by atoms with van der Waals surface area (Å²) >= 11 is 0. The van der Waals surface area contributed by atoms with Crippen LogP contribution in [0.1, 0.15) is 70.2 Å². The standard InChI is InChI=1S/C23H36N4O5S/c1-6-32-23(29)20-15-26(19-11-13-25(14-12-19)33(5,30)31)24-21(20)27(16(2)3)22(28)18-9-7-17(4)8-10-18/h11,15-18H,6-10,12-14H2,1-5H3. The van der Waals surface area contributed by atoms with Crippen molar-refractivity contribution in [2.75, 3.05) is 30.9 Å². The van der Waals surface area contributed by atoms with Gasteiger partial charge in [0.25, 0.3) is 0 Å². The maximum atomic E-state index is 13.6. The molecule has 1 aromatic heterocycles. The maximum Gasteiger partial charge on any atom is 0.343 e. The zero-order valence-corrected chi connectivity index (χ0v) is 21.1. The predicted molar refractivity (Wildman–Crippen MR) is 127 cm³/mol. The summed E-state index contributed by atoms with van der Waals surface area (Å²) in [5.41, 5.74) is 1.03. The van der Waals surface area contributed by atoms with Crippen LogP contribution < -0.4 is 4.90 Å². The van der Waals surface area contributed by atoms with E-state index in [0.29, 0.717) is 24.7 Å². The van der Waals surface area contributed by atoms with Crippen molar-refractivity contribution >= 4 is 33.4 Å². The van der Waals surface area contributed by atoms with Gasteiger partial charge in [-0.25, -0.2) is 17.9 Å². The summed E-state index contributed by atoms with van der Waals surface area (Å²) in [5, 5.41) is 4.66. The second-order valence-electron chi connectivity index (χ2n) is 9.36. The lowest BCUT2D eigenvalue weighted by molar-refractivity contribution is -0.124. The average Bonchev–Trinajstić information content (AvgIpc) is 3.18. The van der Waals surface area contributed by atoms with Gasteiger partial charge in [-0.2, -0.15) is 4.31 Å². The molecule has 0 N–H and O–H groups in total. The Morgan fingerprint density at radius 1 is 1.24 bits per heavy atom. The maximum absolute atomic E-state index is 13.6. The molecule has 1 aliphatic carbocycles. The van der Waals surface area contributed by atoms with Crippen molar-refractivity contribution < 1.29 is 22.7 Å².